The summed E-state index contributed by atoms with van der Waals surface area (Å²) in [6, 6.07) is 1.58. The van der Waals surface area contributed by atoms with Crippen LogP contribution in [-0.2, 0) is 28.5 Å². The molecule has 30 heavy (non-hydrogen) atoms. The first-order chi connectivity index (χ1) is 14.1. The van der Waals surface area contributed by atoms with Gasteiger partial charge in [-0.2, -0.15) is 5.26 Å². The highest BCUT2D eigenvalue weighted by atomic mass is 16.6. The molecular formula is C21H39NO8. The van der Waals surface area contributed by atoms with Crippen LogP contribution in [0.15, 0.2) is 12.2 Å². The maximum Gasteiger partial charge on any atom is 0.348 e. The van der Waals surface area contributed by atoms with Crippen LogP contribution >= 0.6 is 0 Å². The zero-order valence-electron chi connectivity index (χ0n) is 19.1. The van der Waals surface area contributed by atoms with Crippen LogP contribution < -0.4 is 0 Å². The highest BCUT2D eigenvalue weighted by Crippen LogP contribution is 2.02. The lowest BCUT2D eigenvalue weighted by Crippen LogP contribution is -2.28. The van der Waals surface area contributed by atoms with Crippen LogP contribution in [0.4, 0.5) is 0 Å². The maximum atomic E-state index is 10.4. The number of aliphatic hydroxyl groups excluding tert-OH is 2. The Morgan fingerprint density at radius 2 is 1.30 bits per heavy atom. The number of nitrogens with zero attached hydrogens (tertiary/aromatic N) is 1. The molecule has 0 heterocycles. The highest BCUT2D eigenvalue weighted by molar-refractivity contribution is 5.91. The third kappa shape index (κ3) is 19.8. The number of hydrogen-bond donors (Lipinski definition) is 2. The third-order valence-electron chi connectivity index (χ3n) is 3.38. The molecule has 0 bridgehead atoms. The van der Waals surface area contributed by atoms with Crippen molar-refractivity contribution in [2.24, 2.45) is 0 Å². The summed E-state index contributed by atoms with van der Waals surface area (Å²) in [7, 11) is 0. The molecule has 5 unspecified atom stereocenters. The van der Waals surface area contributed by atoms with Crippen molar-refractivity contribution in [3.05, 3.63) is 12.2 Å². The Balaban J connectivity index is 0. The van der Waals surface area contributed by atoms with Gasteiger partial charge in [0, 0.05) is 0 Å². The summed E-state index contributed by atoms with van der Waals surface area (Å²) >= 11 is 0. The fourth-order valence-electron chi connectivity index (χ4n) is 1.66. The van der Waals surface area contributed by atoms with E-state index < -0.39 is 12.1 Å². The van der Waals surface area contributed by atoms with Gasteiger partial charge in [0.25, 0.3) is 0 Å². The van der Waals surface area contributed by atoms with Gasteiger partial charge < -0.3 is 33.9 Å². The number of rotatable bonds is 15. The second-order valence-electron chi connectivity index (χ2n) is 6.92. The molecule has 0 aliphatic heterocycles. The lowest BCUT2D eigenvalue weighted by molar-refractivity contribution is -0.137. The Morgan fingerprint density at radius 1 is 0.900 bits per heavy atom. The van der Waals surface area contributed by atoms with Crippen molar-refractivity contribution in [2.75, 3.05) is 39.6 Å². The van der Waals surface area contributed by atoms with E-state index in [0.29, 0.717) is 26.4 Å². The summed E-state index contributed by atoms with van der Waals surface area (Å²) < 4.78 is 26.4. The van der Waals surface area contributed by atoms with Crippen molar-refractivity contribution in [2.45, 2.75) is 72.1 Å². The summed E-state index contributed by atoms with van der Waals surface area (Å²) in [6.07, 6.45) is -0.783. The van der Waals surface area contributed by atoms with E-state index in [1.54, 1.807) is 19.9 Å². The van der Waals surface area contributed by atoms with E-state index in [1.807, 2.05) is 27.7 Å². The van der Waals surface area contributed by atoms with Crippen LogP contribution in [0.3, 0.4) is 0 Å². The van der Waals surface area contributed by atoms with Crippen molar-refractivity contribution in [1.82, 2.24) is 0 Å². The predicted octanol–water partition coefficient (Wildman–Crippen LogP) is 1.61. The van der Waals surface area contributed by atoms with Crippen molar-refractivity contribution < 1.29 is 38.7 Å². The van der Waals surface area contributed by atoms with Crippen LogP contribution in [0, 0.1) is 11.3 Å². The van der Waals surface area contributed by atoms with E-state index in [0.717, 1.165) is 0 Å². The van der Waals surface area contributed by atoms with E-state index in [1.165, 1.54) is 0 Å². The topological polar surface area (TPSA) is 127 Å². The lowest BCUT2D eigenvalue weighted by atomic mass is 10.3. The molecular weight excluding hydrogens is 394 g/mol. The van der Waals surface area contributed by atoms with Crippen molar-refractivity contribution >= 4 is 5.97 Å². The number of esters is 1. The molecule has 2 N–H and O–H groups in total. The molecule has 0 saturated carbocycles. The number of carbonyl (C=O) groups excluding carboxylic acids is 1. The fraction of sp³-hybridized carbons (Fsp3) is 0.810. The van der Waals surface area contributed by atoms with Gasteiger partial charge >= 0.3 is 5.97 Å². The monoisotopic (exact) mass is 433 g/mol. The van der Waals surface area contributed by atoms with Gasteiger partial charge in [-0.15, -0.1) is 0 Å². The molecule has 0 aromatic carbocycles. The van der Waals surface area contributed by atoms with E-state index in [-0.39, 0.29) is 43.2 Å². The molecule has 176 valence electrons. The first kappa shape index (κ1) is 30.7. The molecule has 0 saturated heterocycles. The first-order valence-corrected chi connectivity index (χ1v) is 10.1. The average molecular weight is 434 g/mol. The smallest absolute Gasteiger partial charge is 0.348 e. The quantitative estimate of drug-likeness (QED) is 0.225. The van der Waals surface area contributed by atoms with Crippen molar-refractivity contribution in [1.29, 1.82) is 5.26 Å². The average Bonchev–Trinajstić information content (AvgIpc) is 2.72. The van der Waals surface area contributed by atoms with Gasteiger partial charge in [0.15, 0.2) is 0 Å². The summed E-state index contributed by atoms with van der Waals surface area (Å²) in [5.74, 6) is -0.639. The standard InChI is InChI=1S/C15H32O6.C6H7NO2/c1-11(17)7-18-13(3)9-20-15(5)10-21-14(4)8-19-12(2)6-16;1-3-9-6(8)5(2)4-7/h11-17H,6-10H2,1-5H3;2-3H2,1H3. The SMILES string of the molecule is C=C(C#N)C(=O)OCC.CC(O)COC(C)COC(C)COC(C)COC(C)CO. The molecule has 5 atom stereocenters. The fourth-order valence-corrected chi connectivity index (χ4v) is 1.66. The van der Waals surface area contributed by atoms with Gasteiger partial charge in [-0.3, -0.25) is 0 Å². The molecule has 0 amide bonds. The Kier molecular flexibility index (Phi) is 19.8. The molecule has 0 aromatic rings. The summed E-state index contributed by atoms with van der Waals surface area (Å²) in [5.41, 5.74) is -0.156. The van der Waals surface area contributed by atoms with Crippen LogP contribution in [0.25, 0.3) is 0 Å². The molecule has 0 spiro atoms. The van der Waals surface area contributed by atoms with Gasteiger partial charge in [-0.1, -0.05) is 6.58 Å². The molecule has 0 aromatic heterocycles. The lowest BCUT2D eigenvalue weighted by Gasteiger charge is -2.21. The molecule has 9 heteroatoms. The maximum absolute atomic E-state index is 10.4. The Labute approximate surface area is 180 Å². The number of ether oxygens (including phenoxy) is 5. The van der Waals surface area contributed by atoms with Crippen LogP contribution in [-0.4, -0.2) is 86.3 Å². The second kappa shape index (κ2) is 19.4. The summed E-state index contributed by atoms with van der Waals surface area (Å²) in [6.45, 7) is 16.1. The van der Waals surface area contributed by atoms with Crippen molar-refractivity contribution in [3.8, 4) is 6.07 Å². The molecule has 0 aliphatic rings. The number of nitriles is 1. The minimum atomic E-state index is -0.639. The zero-order valence-corrected chi connectivity index (χ0v) is 19.1. The summed E-state index contributed by atoms with van der Waals surface area (Å²) in [5, 5.41) is 26.1. The number of aliphatic hydroxyl groups is 2. The van der Waals surface area contributed by atoms with Gasteiger partial charge in [0.1, 0.15) is 11.6 Å². The van der Waals surface area contributed by atoms with E-state index in [4.69, 9.17) is 34.4 Å². The number of carbonyl (C=O) groups is 1. The Morgan fingerprint density at radius 3 is 1.63 bits per heavy atom. The summed E-state index contributed by atoms with van der Waals surface area (Å²) in [4.78, 5) is 10.4. The predicted molar refractivity (Wildman–Crippen MR) is 112 cm³/mol. The van der Waals surface area contributed by atoms with Crippen LogP contribution in [0.5, 0.6) is 0 Å². The van der Waals surface area contributed by atoms with Gasteiger partial charge in [-0.05, 0) is 41.5 Å². The molecule has 0 radical (unpaired) electrons. The minimum Gasteiger partial charge on any atom is -0.462 e. The van der Waals surface area contributed by atoms with Gasteiger partial charge in [0.2, 0.25) is 0 Å². The van der Waals surface area contributed by atoms with E-state index >= 15 is 0 Å². The van der Waals surface area contributed by atoms with Crippen LogP contribution in [0.2, 0.25) is 0 Å². The highest BCUT2D eigenvalue weighted by Gasteiger charge is 2.11. The van der Waals surface area contributed by atoms with Crippen molar-refractivity contribution in [3.63, 3.8) is 0 Å². The molecule has 0 aliphatic carbocycles. The van der Waals surface area contributed by atoms with Gasteiger partial charge in [-0.25, -0.2) is 4.79 Å². The molecule has 9 nitrogen and oxygen atoms in total. The van der Waals surface area contributed by atoms with Crippen LogP contribution in [0.1, 0.15) is 41.5 Å². The van der Waals surface area contributed by atoms with Gasteiger partial charge in [0.05, 0.1) is 70.2 Å². The molecule has 0 fully saturated rings. The molecule has 0 rings (SSSR count). The van der Waals surface area contributed by atoms with E-state index in [9.17, 15) is 4.79 Å². The normalized spacial score (nSPS) is 15.6. The first-order valence-electron chi connectivity index (χ1n) is 10.1. The number of hydrogen-bond acceptors (Lipinski definition) is 9. The zero-order chi connectivity index (χ0) is 23.5. The van der Waals surface area contributed by atoms with E-state index in [2.05, 4.69) is 11.3 Å². The third-order valence-corrected chi connectivity index (χ3v) is 3.38. The largest absolute Gasteiger partial charge is 0.462 e. The Bertz CT molecular complexity index is 492. The second-order valence-corrected chi connectivity index (χ2v) is 6.92. The minimum absolute atomic E-state index is 0.0105. The Hall–Kier alpha value is -1.54.